The molecule has 2 aliphatic heterocycles. The third-order valence-electron chi connectivity index (χ3n) is 6.35. The lowest BCUT2D eigenvalue weighted by Crippen LogP contribution is -2.49. The van der Waals surface area contributed by atoms with E-state index in [4.69, 9.17) is 0 Å². The Hall–Kier alpha value is -3.25. The van der Waals surface area contributed by atoms with Crippen LogP contribution in [0.1, 0.15) is 21.5 Å². The number of rotatable bonds is 4. The Morgan fingerprint density at radius 3 is 2.39 bits per heavy atom. The molecule has 1 saturated heterocycles. The first kappa shape index (κ1) is 21.6. The maximum Gasteiger partial charge on any atom is 0.253 e. The highest BCUT2D eigenvalue weighted by Gasteiger charge is 2.26. The Morgan fingerprint density at radius 1 is 0.879 bits per heavy atom. The average Bonchev–Trinajstić information content (AvgIpc) is 2.86. The fourth-order valence-electron chi connectivity index (χ4n) is 4.56. The molecule has 0 aliphatic carbocycles. The van der Waals surface area contributed by atoms with Gasteiger partial charge in [0, 0.05) is 42.3 Å². The van der Waals surface area contributed by atoms with Gasteiger partial charge in [-0.1, -0.05) is 42.5 Å². The molecule has 0 unspecified atom stereocenters. The van der Waals surface area contributed by atoms with E-state index >= 15 is 0 Å². The summed E-state index contributed by atoms with van der Waals surface area (Å²) >= 11 is 1.58. The molecule has 3 aromatic rings. The van der Waals surface area contributed by atoms with Crippen LogP contribution < -0.4 is 9.80 Å². The largest absolute Gasteiger partial charge is 0.368 e. The molecule has 5 rings (SSSR count). The number of para-hydroxylation sites is 2. The molecule has 3 aromatic carbocycles. The van der Waals surface area contributed by atoms with E-state index in [0.29, 0.717) is 31.0 Å². The van der Waals surface area contributed by atoms with Crippen LogP contribution in [0, 0.1) is 6.92 Å². The number of anilines is 2. The van der Waals surface area contributed by atoms with Crippen LogP contribution in [-0.4, -0.2) is 48.6 Å². The van der Waals surface area contributed by atoms with Gasteiger partial charge in [0.2, 0.25) is 5.91 Å². The number of benzene rings is 3. The summed E-state index contributed by atoms with van der Waals surface area (Å²) in [5.41, 5.74) is 5.11. The highest BCUT2D eigenvalue weighted by Crippen LogP contribution is 2.35. The Bertz CT molecular complexity index is 1190. The van der Waals surface area contributed by atoms with E-state index in [-0.39, 0.29) is 11.8 Å². The molecule has 1 fully saturated rings. The fraction of sp³-hybridized carbons (Fsp3) is 0.259. The topological polar surface area (TPSA) is 43.9 Å². The van der Waals surface area contributed by atoms with Crippen LogP contribution in [0.4, 0.5) is 11.4 Å². The number of aryl methyl sites for hydroxylation is 1. The molecule has 33 heavy (non-hydrogen) atoms. The predicted molar refractivity (Wildman–Crippen MR) is 134 cm³/mol. The third kappa shape index (κ3) is 4.48. The normalized spacial score (nSPS) is 16.0. The first-order valence-electron chi connectivity index (χ1n) is 11.3. The molecule has 168 valence electrons. The van der Waals surface area contributed by atoms with Crippen LogP contribution >= 0.6 is 11.8 Å². The third-order valence-corrected chi connectivity index (χ3v) is 7.39. The smallest absolute Gasteiger partial charge is 0.253 e. The molecular formula is C27H27N3O2S. The molecule has 0 spiro atoms. The van der Waals surface area contributed by atoms with E-state index in [1.54, 1.807) is 11.8 Å². The van der Waals surface area contributed by atoms with Crippen molar-refractivity contribution in [3.8, 4) is 0 Å². The molecule has 0 radical (unpaired) electrons. The summed E-state index contributed by atoms with van der Waals surface area (Å²) in [6.45, 7) is 5.65. The highest BCUT2D eigenvalue weighted by molar-refractivity contribution is 8.00. The van der Waals surface area contributed by atoms with Gasteiger partial charge in [-0.3, -0.25) is 9.59 Å². The van der Waals surface area contributed by atoms with Crippen molar-refractivity contribution in [2.45, 2.75) is 18.4 Å². The van der Waals surface area contributed by atoms with Gasteiger partial charge in [-0.15, -0.1) is 11.8 Å². The monoisotopic (exact) mass is 457 g/mol. The van der Waals surface area contributed by atoms with Crippen molar-refractivity contribution >= 4 is 35.0 Å². The van der Waals surface area contributed by atoms with Gasteiger partial charge in [-0.2, -0.15) is 0 Å². The SMILES string of the molecule is Cc1ccccc1N1CCN(C(=O)c2cccc(CN3C(=O)CSc4ccccc43)c2)CC1. The number of thioether (sulfide) groups is 1. The summed E-state index contributed by atoms with van der Waals surface area (Å²) in [6.07, 6.45) is 0. The second-order valence-electron chi connectivity index (χ2n) is 8.50. The molecule has 2 heterocycles. The van der Waals surface area contributed by atoms with Crippen LogP contribution in [0.5, 0.6) is 0 Å². The average molecular weight is 458 g/mol. The van der Waals surface area contributed by atoms with E-state index in [1.807, 2.05) is 52.3 Å². The van der Waals surface area contributed by atoms with Crippen molar-refractivity contribution in [3.63, 3.8) is 0 Å². The summed E-state index contributed by atoms with van der Waals surface area (Å²) < 4.78 is 0. The van der Waals surface area contributed by atoms with Gasteiger partial charge < -0.3 is 14.7 Å². The quantitative estimate of drug-likeness (QED) is 0.575. The molecule has 5 nitrogen and oxygen atoms in total. The van der Waals surface area contributed by atoms with Crippen LogP contribution in [0.25, 0.3) is 0 Å². The summed E-state index contributed by atoms with van der Waals surface area (Å²) in [7, 11) is 0. The molecule has 2 amide bonds. The van der Waals surface area contributed by atoms with Gasteiger partial charge in [0.05, 0.1) is 18.0 Å². The minimum absolute atomic E-state index is 0.0576. The van der Waals surface area contributed by atoms with Crippen molar-refractivity contribution in [3.05, 3.63) is 89.5 Å². The molecule has 0 N–H and O–H groups in total. The lowest BCUT2D eigenvalue weighted by atomic mass is 10.1. The summed E-state index contributed by atoms with van der Waals surface area (Å²) in [5, 5.41) is 0. The standard InChI is InChI=1S/C27H27N3O2S/c1-20-7-2-3-10-23(20)28-13-15-29(16-14-28)27(32)22-9-6-8-21(17-22)18-30-24-11-4-5-12-25(24)33-19-26(30)31/h2-12,17H,13-16,18-19H2,1H3. The van der Waals surface area contributed by atoms with Gasteiger partial charge in [-0.05, 0) is 48.4 Å². The number of nitrogens with zero attached hydrogens (tertiary/aromatic N) is 3. The zero-order valence-electron chi connectivity index (χ0n) is 18.7. The number of carbonyl (C=O) groups excluding carboxylic acids is 2. The maximum absolute atomic E-state index is 13.2. The number of piperazine rings is 1. The van der Waals surface area contributed by atoms with Gasteiger partial charge in [-0.25, -0.2) is 0 Å². The van der Waals surface area contributed by atoms with Crippen molar-refractivity contribution in [2.24, 2.45) is 0 Å². The highest BCUT2D eigenvalue weighted by atomic mass is 32.2. The van der Waals surface area contributed by atoms with Crippen molar-refractivity contribution in [1.82, 2.24) is 4.90 Å². The first-order chi connectivity index (χ1) is 16.1. The second kappa shape index (κ2) is 9.32. The van der Waals surface area contributed by atoms with Crippen molar-refractivity contribution < 1.29 is 9.59 Å². The summed E-state index contributed by atoms with van der Waals surface area (Å²) in [4.78, 5) is 33.1. The van der Waals surface area contributed by atoms with Crippen molar-refractivity contribution in [1.29, 1.82) is 0 Å². The zero-order chi connectivity index (χ0) is 22.8. The Balaban J connectivity index is 1.28. The number of fused-ring (bicyclic) bond motifs is 1. The lowest BCUT2D eigenvalue weighted by Gasteiger charge is -2.37. The summed E-state index contributed by atoms with van der Waals surface area (Å²) in [6, 6.07) is 24.1. The van der Waals surface area contributed by atoms with Crippen LogP contribution in [-0.2, 0) is 11.3 Å². The van der Waals surface area contributed by atoms with Gasteiger partial charge in [0.1, 0.15) is 0 Å². The Morgan fingerprint density at radius 2 is 1.61 bits per heavy atom. The zero-order valence-corrected chi connectivity index (χ0v) is 19.6. The number of hydrogen-bond donors (Lipinski definition) is 0. The maximum atomic E-state index is 13.2. The predicted octanol–water partition coefficient (Wildman–Crippen LogP) is 4.60. The Kier molecular flexibility index (Phi) is 6.09. The van der Waals surface area contributed by atoms with Crippen LogP contribution in [0.15, 0.2) is 77.7 Å². The van der Waals surface area contributed by atoms with Crippen molar-refractivity contribution in [2.75, 3.05) is 41.7 Å². The van der Waals surface area contributed by atoms with Gasteiger partial charge in [0.25, 0.3) is 5.91 Å². The first-order valence-corrected chi connectivity index (χ1v) is 12.3. The van der Waals surface area contributed by atoms with E-state index in [9.17, 15) is 9.59 Å². The molecule has 0 atom stereocenters. The van der Waals surface area contributed by atoms with E-state index in [1.165, 1.54) is 11.3 Å². The minimum Gasteiger partial charge on any atom is -0.368 e. The van der Waals surface area contributed by atoms with E-state index < -0.39 is 0 Å². The van der Waals surface area contributed by atoms with E-state index in [2.05, 4.69) is 42.2 Å². The molecule has 0 saturated carbocycles. The number of amides is 2. The minimum atomic E-state index is 0.0576. The molecule has 0 bridgehead atoms. The molecule has 6 heteroatoms. The van der Waals surface area contributed by atoms with Crippen LogP contribution in [0.3, 0.4) is 0 Å². The lowest BCUT2D eigenvalue weighted by molar-refractivity contribution is -0.116. The molecule has 0 aromatic heterocycles. The fourth-order valence-corrected chi connectivity index (χ4v) is 5.50. The Labute approximate surface area is 199 Å². The van der Waals surface area contributed by atoms with Crippen LogP contribution in [0.2, 0.25) is 0 Å². The molecule has 2 aliphatic rings. The second-order valence-corrected chi connectivity index (χ2v) is 9.52. The van der Waals surface area contributed by atoms with E-state index in [0.717, 1.165) is 29.2 Å². The van der Waals surface area contributed by atoms with Gasteiger partial charge >= 0.3 is 0 Å². The summed E-state index contributed by atoms with van der Waals surface area (Å²) in [5.74, 6) is 0.603. The number of carbonyl (C=O) groups is 2. The number of hydrogen-bond acceptors (Lipinski definition) is 4. The van der Waals surface area contributed by atoms with Gasteiger partial charge in [0.15, 0.2) is 0 Å². The molecular weight excluding hydrogens is 430 g/mol.